The van der Waals surface area contributed by atoms with E-state index in [9.17, 15) is 4.79 Å². The molecule has 0 radical (unpaired) electrons. The molecule has 1 aliphatic rings. The summed E-state index contributed by atoms with van der Waals surface area (Å²) < 4.78 is 22.2. The molecule has 1 N–H and O–H groups in total. The van der Waals surface area contributed by atoms with Gasteiger partial charge in [-0.2, -0.15) is 0 Å². The molecule has 1 unspecified atom stereocenters. The Hall–Kier alpha value is -2.77. The first-order valence-electron chi connectivity index (χ1n) is 10.1. The van der Waals surface area contributed by atoms with Gasteiger partial charge >= 0.3 is 0 Å². The molecular weight excluding hydrogens is 384 g/mol. The third kappa shape index (κ3) is 5.04. The Morgan fingerprint density at radius 2 is 2.03 bits per heavy atom. The Bertz CT molecular complexity index is 870. The standard InChI is InChI=1S/C23H30N2O5/c1-5-6-17-13-18(14-21(27-3)22(17)28-4)23(26)24-15-19(20-8-7-16(2)30-20)25-9-11-29-12-10-25/h5,7-8,13-14,19H,1,6,9-12,15H2,2-4H3,(H,24,26). The quantitative estimate of drug-likeness (QED) is 0.636. The maximum atomic E-state index is 13.0. The minimum Gasteiger partial charge on any atom is -0.493 e. The van der Waals surface area contributed by atoms with Crippen LogP contribution in [0.25, 0.3) is 0 Å². The van der Waals surface area contributed by atoms with Crippen LogP contribution in [-0.4, -0.2) is 57.9 Å². The van der Waals surface area contributed by atoms with Gasteiger partial charge in [-0.1, -0.05) is 6.08 Å². The monoisotopic (exact) mass is 414 g/mol. The number of carbonyl (C=O) groups is 1. The van der Waals surface area contributed by atoms with Gasteiger partial charge in [0.05, 0.1) is 33.5 Å². The topological polar surface area (TPSA) is 73.2 Å². The van der Waals surface area contributed by atoms with Crippen LogP contribution >= 0.6 is 0 Å². The molecule has 1 fully saturated rings. The van der Waals surface area contributed by atoms with Crippen molar-refractivity contribution in [3.8, 4) is 11.5 Å². The fourth-order valence-electron chi connectivity index (χ4n) is 3.70. The molecule has 0 bridgehead atoms. The van der Waals surface area contributed by atoms with Gasteiger partial charge in [0, 0.05) is 30.8 Å². The van der Waals surface area contributed by atoms with Crippen molar-refractivity contribution in [1.29, 1.82) is 0 Å². The molecule has 0 saturated carbocycles. The summed E-state index contributed by atoms with van der Waals surface area (Å²) >= 11 is 0. The number of nitrogens with one attached hydrogen (secondary N) is 1. The average molecular weight is 415 g/mol. The number of nitrogens with zero attached hydrogens (tertiary/aromatic N) is 1. The molecule has 3 rings (SSSR count). The zero-order chi connectivity index (χ0) is 21.5. The summed E-state index contributed by atoms with van der Waals surface area (Å²) in [6, 6.07) is 7.38. The van der Waals surface area contributed by atoms with Crippen LogP contribution in [0, 0.1) is 6.92 Å². The average Bonchev–Trinajstić information content (AvgIpc) is 3.20. The van der Waals surface area contributed by atoms with Crippen LogP contribution in [0.2, 0.25) is 0 Å². The summed E-state index contributed by atoms with van der Waals surface area (Å²) in [5.74, 6) is 2.65. The number of furan rings is 1. The number of methoxy groups -OCH3 is 2. The molecule has 2 aromatic rings. The van der Waals surface area contributed by atoms with Gasteiger partial charge < -0.3 is 23.9 Å². The Kier molecular flexibility index (Phi) is 7.54. The Balaban J connectivity index is 1.79. The lowest BCUT2D eigenvalue weighted by Crippen LogP contribution is -2.43. The van der Waals surface area contributed by atoms with E-state index in [1.807, 2.05) is 25.1 Å². The molecule has 7 nitrogen and oxygen atoms in total. The molecule has 1 aromatic carbocycles. The number of carbonyl (C=O) groups excluding carboxylic acids is 1. The highest BCUT2D eigenvalue weighted by molar-refractivity contribution is 5.95. The van der Waals surface area contributed by atoms with Crippen LogP contribution in [0.15, 0.2) is 41.3 Å². The van der Waals surface area contributed by atoms with E-state index < -0.39 is 0 Å². The number of allylic oxidation sites excluding steroid dienone is 1. The molecule has 30 heavy (non-hydrogen) atoms. The number of rotatable bonds is 9. The summed E-state index contributed by atoms with van der Waals surface area (Å²) in [7, 11) is 3.15. The highest BCUT2D eigenvalue weighted by Crippen LogP contribution is 2.33. The van der Waals surface area contributed by atoms with E-state index in [4.69, 9.17) is 18.6 Å². The zero-order valence-electron chi connectivity index (χ0n) is 17.9. The van der Waals surface area contributed by atoms with E-state index in [1.54, 1.807) is 26.4 Å². The molecule has 1 atom stereocenters. The van der Waals surface area contributed by atoms with Crippen LogP contribution in [-0.2, 0) is 11.2 Å². The van der Waals surface area contributed by atoms with Crippen molar-refractivity contribution < 1.29 is 23.4 Å². The first kappa shape index (κ1) is 21.9. The van der Waals surface area contributed by atoms with E-state index in [1.165, 1.54) is 0 Å². The lowest BCUT2D eigenvalue weighted by atomic mass is 10.0. The number of ether oxygens (including phenoxy) is 3. The van der Waals surface area contributed by atoms with Crippen LogP contribution in [0.5, 0.6) is 11.5 Å². The normalized spacial score (nSPS) is 15.4. The van der Waals surface area contributed by atoms with Crippen LogP contribution in [0.3, 0.4) is 0 Å². The fraction of sp³-hybridized carbons (Fsp3) is 0.435. The number of amides is 1. The smallest absolute Gasteiger partial charge is 0.251 e. The van der Waals surface area contributed by atoms with Gasteiger partial charge in [-0.3, -0.25) is 9.69 Å². The summed E-state index contributed by atoms with van der Waals surface area (Å²) in [6.07, 6.45) is 2.34. The Labute approximate surface area is 177 Å². The number of morpholine rings is 1. The molecule has 0 spiro atoms. The first-order chi connectivity index (χ1) is 14.6. The number of hydrogen-bond donors (Lipinski definition) is 1. The molecular formula is C23H30N2O5. The Morgan fingerprint density at radius 3 is 2.63 bits per heavy atom. The van der Waals surface area contributed by atoms with Crippen molar-refractivity contribution in [1.82, 2.24) is 10.2 Å². The zero-order valence-corrected chi connectivity index (χ0v) is 17.9. The third-order valence-electron chi connectivity index (χ3n) is 5.21. The van der Waals surface area contributed by atoms with Gasteiger partial charge in [-0.15, -0.1) is 6.58 Å². The molecule has 1 amide bonds. The molecule has 7 heteroatoms. The first-order valence-corrected chi connectivity index (χ1v) is 10.1. The van der Waals surface area contributed by atoms with Crippen molar-refractivity contribution >= 4 is 5.91 Å². The molecule has 1 saturated heterocycles. The van der Waals surface area contributed by atoms with Crippen LogP contribution in [0.4, 0.5) is 0 Å². The number of hydrogen-bond acceptors (Lipinski definition) is 6. The summed E-state index contributed by atoms with van der Waals surface area (Å²) in [5.41, 5.74) is 1.37. The molecule has 1 aromatic heterocycles. The van der Waals surface area contributed by atoms with Crippen molar-refractivity contribution in [3.63, 3.8) is 0 Å². The summed E-state index contributed by atoms with van der Waals surface area (Å²) in [6.45, 7) is 9.06. The van der Waals surface area contributed by atoms with Gasteiger partial charge in [-0.25, -0.2) is 0 Å². The number of benzene rings is 1. The van der Waals surface area contributed by atoms with E-state index in [-0.39, 0.29) is 11.9 Å². The summed E-state index contributed by atoms with van der Waals surface area (Å²) in [4.78, 5) is 15.3. The Morgan fingerprint density at radius 1 is 1.27 bits per heavy atom. The highest BCUT2D eigenvalue weighted by atomic mass is 16.5. The van der Waals surface area contributed by atoms with E-state index >= 15 is 0 Å². The fourth-order valence-corrected chi connectivity index (χ4v) is 3.70. The molecule has 2 heterocycles. The lowest BCUT2D eigenvalue weighted by Gasteiger charge is -2.33. The number of aryl methyl sites for hydroxylation is 1. The second-order valence-electron chi connectivity index (χ2n) is 7.19. The largest absolute Gasteiger partial charge is 0.493 e. The van der Waals surface area contributed by atoms with Crippen LogP contribution in [0.1, 0.15) is 33.5 Å². The maximum Gasteiger partial charge on any atom is 0.251 e. The second kappa shape index (κ2) is 10.3. The van der Waals surface area contributed by atoms with Crippen molar-refractivity contribution in [2.45, 2.75) is 19.4 Å². The predicted octanol–water partition coefficient (Wildman–Crippen LogP) is 3.14. The van der Waals surface area contributed by atoms with Crippen molar-refractivity contribution in [2.75, 3.05) is 47.1 Å². The SMILES string of the molecule is C=CCc1cc(C(=O)NCC(c2ccc(C)o2)N2CCOCC2)cc(OC)c1OC. The molecule has 1 aliphatic heterocycles. The van der Waals surface area contributed by atoms with Gasteiger partial charge in [0.15, 0.2) is 11.5 Å². The van der Waals surface area contributed by atoms with Gasteiger partial charge in [0.25, 0.3) is 5.91 Å². The van der Waals surface area contributed by atoms with Crippen LogP contribution < -0.4 is 14.8 Å². The summed E-state index contributed by atoms with van der Waals surface area (Å²) in [5, 5.41) is 3.06. The van der Waals surface area contributed by atoms with Crippen molar-refractivity contribution in [2.24, 2.45) is 0 Å². The molecule has 162 valence electrons. The van der Waals surface area contributed by atoms with Gasteiger partial charge in [-0.05, 0) is 37.6 Å². The maximum absolute atomic E-state index is 13.0. The minimum atomic E-state index is -0.178. The predicted molar refractivity (Wildman–Crippen MR) is 114 cm³/mol. The third-order valence-corrected chi connectivity index (χ3v) is 5.21. The second-order valence-corrected chi connectivity index (χ2v) is 7.19. The van der Waals surface area contributed by atoms with E-state index in [0.717, 1.165) is 30.2 Å². The lowest BCUT2D eigenvalue weighted by molar-refractivity contribution is 0.0117. The molecule has 0 aliphatic carbocycles. The van der Waals surface area contributed by atoms with Gasteiger partial charge in [0.2, 0.25) is 0 Å². The van der Waals surface area contributed by atoms with Crippen molar-refractivity contribution in [3.05, 3.63) is 59.6 Å². The van der Waals surface area contributed by atoms with Gasteiger partial charge in [0.1, 0.15) is 11.5 Å². The van der Waals surface area contributed by atoms with E-state index in [2.05, 4.69) is 16.8 Å². The minimum absolute atomic E-state index is 0.0562. The highest BCUT2D eigenvalue weighted by Gasteiger charge is 2.26. The van der Waals surface area contributed by atoms with E-state index in [0.29, 0.717) is 43.2 Å².